The monoisotopic (exact) mass is 242 g/mol. The number of nitrogens with one attached hydrogen (secondary N) is 1. The summed E-state index contributed by atoms with van der Waals surface area (Å²) in [5.41, 5.74) is 5.39. The van der Waals surface area contributed by atoms with Gasteiger partial charge in [0.1, 0.15) is 0 Å². The fourth-order valence-corrected chi connectivity index (χ4v) is 1.47. The van der Waals surface area contributed by atoms with Crippen LogP contribution in [0.3, 0.4) is 0 Å². The van der Waals surface area contributed by atoms with Crippen molar-refractivity contribution < 1.29 is 18.0 Å². The topological polar surface area (TPSA) is 106 Å². The number of rotatable bonds is 3. The largest absolute Gasteiger partial charge is 0.366 e. The Hall–Kier alpha value is -1.89. The summed E-state index contributed by atoms with van der Waals surface area (Å²) in [5, 5.41) is 0. The molecule has 16 heavy (non-hydrogen) atoms. The minimum absolute atomic E-state index is 0.135. The van der Waals surface area contributed by atoms with E-state index in [4.69, 9.17) is 5.73 Å². The van der Waals surface area contributed by atoms with Crippen molar-refractivity contribution in [2.45, 2.75) is 0 Å². The zero-order chi connectivity index (χ0) is 12.3. The lowest BCUT2D eigenvalue weighted by molar-refractivity contribution is 0.0975. The van der Waals surface area contributed by atoms with Crippen molar-refractivity contribution in [3.63, 3.8) is 0 Å². The van der Waals surface area contributed by atoms with Gasteiger partial charge in [-0.2, -0.15) is 0 Å². The Kier molecular flexibility index (Phi) is 3.28. The second kappa shape index (κ2) is 4.31. The van der Waals surface area contributed by atoms with Crippen molar-refractivity contribution in [1.82, 2.24) is 4.72 Å². The second-order valence-electron chi connectivity index (χ2n) is 3.14. The Morgan fingerprint density at radius 1 is 1.12 bits per heavy atom. The lowest BCUT2D eigenvalue weighted by Crippen LogP contribution is -2.29. The lowest BCUT2D eigenvalue weighted by atomic mass is 10.1. The van der Waals surface area contributed by atoms with Crippen LogP contribution in [0.25, 0.3) is 0 Å². The van der Waals surface area contributed by atoms with Gasteiger partial charge in [-0.25, -0.2) is 13.1 Å². The predicted octanol–water partition coefficient (Wildman–Crippen LogP) is -0.525. The third kappa shape index (κ3) is 3.35. The number of benzene rings is 1. The van der Waals surface area contributed by atoms with E-state index >= 15 is 0 Å². The summed E-state index contributed by atoms with van der Waals surface area (Å²) in [6.45, 7) is 0. The van der Waals surface area contributed by atoms with Gasteiger partial charge in [0.15, 0.2) is 0 Å². The molecule has 0 aromatic heterocycles. The van der Waals surface area contributed by atoms with Crippen LogP contribution in [-0.4, -0.2) is 26.5 Å². The summed E-state index contributed by atoms with van der Waals surface area (Å²) in [6, 6.07) is 5.33. The van der Waals surface area contributed by atoms with Crippen LogP contribution in [0.1, 0.15) is 20.7 Å². The van der Waals surface area contributed by atoms with Crippen molar-refractivity contribution in [1.29, 1.82) is 0 Å². The number of nitrogens with two attached hydrogens (primary N) is 1. The maximum atomic E-state index is 11.3. The van der Waals surface area contributed by atoms with Gasteiger partial charge in [0.2, 0.25) is 15.9 Å². The summed E-state index contributed by atoms with van der Waals surface area (Å²) in [5.74, 6) is -1.37. The van der Waals surface area contributed by atoms with Gasteiger partial charge in [0.25, 0.3) is 5.91 Å². The first-order chi connectivity index (χ1) is 7.29. The number of hydrogen-bond acceptors (Lipinski definition) is 4. The second-order valence-corrected chi connectivity index (χ2v) is 4.89. The van der Waals surface area contributed by atoms with Crippen LogP contribution in [0.2, 0.25) is 0 Å². The molecule has 0 atom stereocenters. The van der Waals surface area contributed by atoms with Crippen molar-refractivity contribution in [3.8, 4) is 0 Å². The molecule has 3 N–H and O–H groups in total. The quantitative estimate of drug-likeness (QED) is 0.743. The van der Waals surface area contributed by atoms with Crippen LogP contribution in [-0.2, 0) is 10.0 Å². The zero-order valence-electron chi connectivity index (χ0n) is 8.43. The maximum absolute atomic E-state index is 11.3. The van der Waals surface area contributed by atoms with Crippen LogP contribution in [0.15, 0.2) is 24.3 Å². The fourth-order valence-electron chi connectivity index (χ4n) is 1.01. The van der Waals surface area contributed by atoms with Crippen molar-refractivity contribution in [3.05, 3.63) is 35.4 Å². The molecule has 1 aromatic carbocycles. The molecule has 0 radical (unpaired) electrons. The molecule has 0 spiro atoms. The SMILES string of the molecule is CS(=O)(=O)NC(=O)c1ccc(C(N)=O)cc1. The Balaban J connectivity index is 2.90. The van der Waals surface area contributed by atoms with E-state index in [1.165, 1.54) is 24.3 Å². The summed E-state index contributed by atoms with van der Waals surface area (Å²) >= 11 is 0. The minimum atomic E-state index is -3.59. The lowest BCUT2D eigenvalue weighted by Gasteiger charge is -2.02. The van der Waals surface area contributed by atoms with Gasteiger partial charge in [-0.05, 0) is 24.3 Å². The predicted molar refractivity (Wildman–Crippen MR) is 57.3 cm³/mol. The molecule has 1 rings (SSSR count). The van der Waals surface area contributed by atoms with E-state index in [0.717, 1.165) is 6.26 Å². The standard InChI is InChI=1S/C9H10N2O4S/c1-16(14,15)11-9(13)7-4-2-6(3-5-7)8(10)12/h2-5H,1H3,(H2,10,12)(H,11,13). The summed E-state index contributed by atoms with van der Waals surface area (Å²) in [7, 11) is -3.59. The molecule has 86 valence electrons. The zero-order valence-corrected chi connectivity index (χ0v) is 9.24. The van der Waals surface area contributed by atoms with Gasteiger partial charge in [0.05, 0.1) is 6.26 Å². The highest BCUT2D eigenvalue weighted by Crippen LogP contribution is 2.04. The van der Waals surface area contributed by atoms with E-state index in [1.54, 1.807) is 4.72 Å². The number of carbonyl (C=O) groups is 2. The summed E-state index contributed by atoms with van der Waals surface area (Å²) in [6.07, 6.45) is 0.878. The van der Waals surface area contributed by atoms with Gasteiger partial charge in [0, 0.05) is 11.1 Å². The maximum Gasteiger partial charge on any atom is 0.264 e. The molecule has 0 aliphatic carbocycles. The Bertz CT molecular complexity index is 519. The Labute approximate surface area is 92.5 Å². The van der Waals surface area contributed by atoms with Crippen LogP contribution in [0.5, 0.6) is 0 Å². The molecule has 0 saturated heterocycles. The number of primary amides is 1. The molecule has 0 heterocycles. The van der Waals surface area contributed by atoms with Crippen molar-refractivity contribution >= 4 is 21.8 Å². The molecule has 2 amide bonds. The smallest absolute Gasteiger partial charge is 0.264 e. The van der Waals surface area contributed by atoms with Crippen molar-refractivity contribution in [2.75, 3.05) is 6.26 Å². The summed E-state index contributed by atoms with van der Waals surface area (Å²) in [4.78, 5) is 22.1. The number of amides is 2. The number of carbonyl (C=O) groups excluding carboxylic acids is 2. The minimum Gasteiger partial charge on any atom is -0.366 e. The van der Waals surface area contributed by atoms with E-state index in [2.05, 4.69) is 0 Å². The normalized spacial score (nSPS) is 10.8. The first kappa shape index (κ1) is 12.2. The highest BCUT2D eigenvalue weighted by atomic mass is 32.2. The van der Waals surface area contributed by atoms with E-state index in [9.17, 15) is 18.0 Å². The first-order valence-electron chi connectivity index (χ1n) is 4.21. The molecule has 0 aliphatic rings. The average molecular weight is 242 g/mol. The fraction of sp³-hybridized carbons (Fsp3) is 0.111. The van der Waals surface area contributed by atoms with Crippen LogP contribution in [0.4, 0.5) is 0 Å². The first-order valence-corrected chi connectivity index (χ1v) is 6.11. The highest BCUT2D eigenvalue weighted by Gasteiger charge is 2.11. The van der Waals surface area contributed by atoms with Gasteiger partial charge in [-0.3, -0.25) is 9.59 Å². The van der Waals surface area contributed by atoms with Crippen molar-refractivity contribution in [2.24, 2.45) is 5.73 Å². The van der Waals surface area contributed by atoms with Crippen LogP contribution in [0, 0.1) is 0 Å². The molecule has 0 unspecified atom stereocenters. The van der Waals surface area contributed by atoms with Gasteiger partial charge < -0.3 is 5.73 Å². The third-order valence-electron chi connectivity index (χ3n) is 1.71. The number of sulfonamides is 1. The van der Waals surface area contributed by atoms with E-state index < -0.39 is 21.8 Å². The highest BCUT2D eigenvalue weighted by molar-refractivity contribution is 7.89. The molecule has 7 heteroatoms. The molecule has 0 fully saturated rings. The molecule has 0 bridgehead atoms. The van der Waals surface area contributed by atoms with Crippen LogP contribution >= 0.6 is 0 Å². The van der Waals surface area contributed by atoms with Gasteiger partial charge in [-0.15, -0.1) is 0 Å². The molecule has 6 nitrogen and oxygen atoms in total. The molecule has 0 saturated carbocycles. The van der Waals surface area contributed by atoms with E-state index in [0.29, 0.717) is 0 Å². The van der Waals surface area contributed by atoms with Gasteiger partial charge >= 0.3 is 0 Å². The molecule has 1 aromatic rings. The Morgan fingerprint density at radius 2 is 1.56 bits per heavy atom. The Morgan fingerprint density at radius 3 is 1.94 bits per heavy atom. The molecule has 0 aliphatic heterocycles. The van der Waals surface area contributed by atoms with Crippen LogP contribution < -0.4 is 10.5 Å². The third-order valence-corrected chi connectivity index (χ3v) is 2.27. The molecular formula is C9H10N2O4S. The number of hydrogen-bond donors (Lipinski definition) is 2. The average Bonchev–Trinajstić information content (AvgIpc) is 2.15. The van der Waals surface area contributed by atoms with Gasteiger partial charge in [-0.1, -0.05) is 0 Å². The summed E-state index contributed by atoms with van der Waals surface area (Å²) < 4.78 is 23.4. The van der Waals surface area contributed by atoms with E-state index in [1.807, 2.05) is 0 Å². The molecular weight excluding hydrogens is 232 g/mol. The van der Waals surface area contributed by atoms with E-state index in [-0.39, 0.29) is 11.1 Å².